The van der Waals surface area contributed by atoms with Crippen LogP contribution in [0.1, 0.15) is 24.0 Å². The Morgan fingerprint density at radius 3 is 2.58 bits per heavy atom. The molecule has 0 aliphatic carbocycles. The number of nitrogens with one attached hydrogen (secondary N) is 1. The van der Waals surface area contributed by atoms with Crippen molar-refractivity contribution in [2.45, 2.75) is 17.7 Å². The predicted molar refractivity (Wildman–Crippen MR) is 89.7 cm³/mol. The number of amidine groups is 1. The highest BCUT2D eigenvalue weighted by Gasteiger charge is 2.32. The Morgan fingerprint density at radius 1 is 1.21 bits per heavy atom. The zero-order valence-electron chi connectivity index (χ0n) is 12.8. The lowest BCUT2D eigenvalue weighted by Gasteiger charge is -2.09. The minimum absolute atomic E-state index is 0.109. The molecule has 124 valence electrons. The van der Waals surface area contributed by atoms with E-state index in [2.05, 4.69) is 9.71 Å². The second-order valence-electron chi connectivity index (χ2n) is 5.54. The van der Waals surface area contributed by atoms with Gasteiger partial charge in [-0.3, -0.25) is 19.8 Å². The Morgan fingerprint density at radius 2 is 1.92 bits per heavy atom. The molecule has 7 nitrogen and oxygen atoms in total. The maximum atomic E-state index is 12.1. The summed E-state index contributed by atoms with van der Waals surface area (Å²) in [5, 5.41) is 10.8. The van der Waals surface area contributed by atoms with Gasteiger partial charge in [-0.1, -0.05) is 37.3 Å². The summed E-state index contributed by atoms with van der Waals surface area (Å²) in [7, 11) is -3.81. The number of aliphatic imine (C=N–C) groups is 1. The number of hydrogen-bond donors (Lipinski definition) is 1. The molecular weight excluding hydrogens is 330 g/mol. The Hall–Kier alpha value is -2.74. The molecule has 2 aromatic rings. The van der Waals surface area contributed by atoms with E-state index >= 15 is 0 Å². The standard InChI is InChI=1S/C16H15N3O4S/c1-11(12-5-3-2-4-6-12)10-17-16-14-8-7-13(19(20)21)9-15(14)24(22,23)18-16/h2-9,11H,10H2,1H3,(H,17,18)/t11-/m1/s1. The fraction of sp³-hybridized carbons (Fsp3) is 0.188. The van der Waals surface area contributed by atoms with Crippen LogP contribution in [-0.2, 0) is 10.0 Å². The highest BCUT2D eigenvalue weighted by molar-refractivity contribution is 7.90. The number of fused-ring (bicyclic) bond motifs is 1. The normalized spacial score (nSPS) is 18.0. The maximum absolute atomic E-state index is 12.1. The summed E-state index contributed by atoms with van der Waals surface area (Å²) >= 11 is 0. The highest BCUT2D eigenvalue weighted by Crippen LogP contribution is 2.27. The SMILES string of the molecule is C[C@H](CN=C1NS(=O)(=O)c2cc([N+](=O)[O-])ccc21)c1ccccc1. The van der Waals surface area contributed by atoms with Crippen LogP contribution in [0.5, 0.6) is 0 Å². The van der Waals surface area contributed by atoms with Crippen LogP contribution in [0.2, 0.25) is 0 Å². The molecular formula is C16H15N3O4S. The smallest absolute Gasteiger partial charge is 0.267 e. The Bertz CT molecular complexity index is 924. The van der Waals surface area contributed by atoms with Gasteiger partial charge in [-0.25, -0.2) is 8.42 Å². The first kappa shape index (κ1) is 16.1. The molecule has 0 saturated heterocycles. The van der Waals surface area contributed by atoms with Crippen LogP contribution in [0.25, 0.3) is 0 Å². The minimum atomic E-state index is -3.81. The third-order valence-electron chi connectivity index (χ3n) is 3.84. The molecule has 3 rings (SSSR count). The molecule has 0 spiro atoms. The van der Waals surface area contributed by atoms with Crippen LogP contribution in [0.4, 0.5) is 5.69 Å². The van der Waals surface area contributed by atoms with Gasteiger partial charge in [0.05, 0.1) is 4.92 Å². The molecule has 0 saturated carbocycles. The van der Waals surface area contributed by atoms with Gasteiger partial charge < -0.3 is 0 Å². The van der Waals surface area contributed by atoms with Gasteiger partial charge in [0.2, 0.25) is 0 Å². The summed E-state index contributed by atoms with van der Waals surface area (Å²) in [5.41, 5.74) is 1.20. The molecule has 1 heterocycles. The quantitative estimate of drug-likeness (QED) is 0.679. The van der Waals surface area contributed by atoms with Crippen molar-refractivity contribution in [3.8, 4) is 0 Å². The van der Waals surface area contributed by atoms with E-state index in [0.29, 0.717) is 12.1 Å². The average molecular weight is 345 g/mol. The number of benzene rings is 2. The molecule has 0 fully saturated rings. The number of sulfonamides is 1. The molecule has 1 aliphatic rings. The van der Waals surface area contributed by atoms with Gasteiger partial charge in [0.25, 0.3) is 15.7 Å². The fourth-order valence-electron chi connectivity index (χ4n) is 2.51. The second kappa shape index (κ2) is 6.04. The molecule has 0 radical (unpaired) electrons. The highest BCUT2D eigenvalue weighted by atomic mass is 32.2. The van der Waals surface area contributed by atoms with E-state index in [0.717, 1.165) is 11.6 Å². The van der Waals surface area contributed by atoms with Gasteiger partial charge in [-0.05, 0) is 11.6 Å². The third kappa shape index (κ3) is 3.00. The molecule has 2 aromatic carbocycles. The summed E-state index contributed by atoms with van der Waals surface area (Å²) in [4.78, 5) is 14.5. The van der Waals surface area contributed by atoms with Gasteiger partial charge in [-0.2, -0.15) is 0 Å². The van der Waals surface area contributed by atoms with E-state index in [4.69, 9.17) is 0 Å². The van der Waals surface area contributed by atoms with E-state index in [1.165, 1.54) is 12.1 Å². The van der Waals surface area contributed by atoms with E-state index in [1.807, 2.05) is 37.3 Å². The van der Waals surface area contributed by atoms with Crippen LogP contribution in [0.3, 0.4) is 0 Å². The van der Waals surface area contributed by atoms with Crippen LogP contribution < -0.4 is 4.72 Å². The van der Waals surface area contributed by atoms with Crippen molar-refractivity contribution >= 4 is 21.5 Å². The number of nitro benzene ring substituents is 1. The molecule has 0 unspecified atom stereocenters. The third-order valence-corrected chi connectivity index (χ3v) is 5.22. The molecule has 0 amide bonds. The molecule has 1 atom stereocenters. The van der Waals surface area contributed by atoms with Gasteiger partial charge >= 0.3 is 0 Å². The van der Waals surface area contributed by atoms with Crippen LogP contribution in [0, 0.1) is 10.1 Å². The summed E-state index contributed by atoms with van der Waals surface area (Å²) < 4.78 is 26.6. The van der Waals surface area contributed by atoms with Crippen LogP contribution in [-0.4, -0.2) is 25.7 Å². The second-order valence-corrected chi connectivity index (χ2v) is 7.19. The van der Waals surface area contributed by atoms with E-state index in [1.54, 1.807) is 0 Å². The summed E-state index contributed by atoms with van der Waals surface area (Å²) in [6.45, 7) is 2.40. The van der Waals surface area contributed by atoms with E-state index < -0.39 is 14.9 Å². The van der Waals surface area contributed by atoms with Gasteiger partial charge in [-0.15, -0.1) is 0 Å². The van der Waals surface area contributed by atoms with Crippen LogP contribution >= 0.6 is 0 Å². The molecule has 1 N–H and O–H groups in total. The average Bonchev–Trinajstić information content (AvgIpc) is 2.83. The number of non-ortho nitro benzene ring substituents is 1. The van der Waals surface area contributed by atoms with Crippen molar-refractivity contribution in [2.24, 2.45) is 4.99 Å². The van der Waals surface area contributed by atoms with Gasteiger partial charge in [0.15, 0.2) is 0 Å². The molecule has 1 aliphatic heterocycles. The molecule has 8 heteroatoms. The molecule has 24 heavy (non-hydrogen) atoms. The Balaban J connectivity index is 1.91. The lowest BCUT2D eigenvalue weighted by Crippen LogP contribution is -2.22. The molecule has 0 aromatic heterocycles. The summed E-state index contributed by atoms with van der Waals surface area (Å²) in [5.74, 6) is 0.341. The van der Waals surface area contributed by atoms with E-state index in [-0.39, 0.29) is 22.3 Å². The molecule has 0 bridgehead atoms. The zero-order valence-corrected chi connectivity index (χ0v) is 13.7. The lowest BCUT2D eigenvalue weighted by molar-refractivity contribution is -0.385. The van der Waals surface area contributed by atoms with Gasteiger partial charge in [0, 0.05) is 30.2 Å². The maximum Gasteiger partial charge on any atom is 0.270 e. The topological polar surface area (TPSA) is 102 Å². The van der Waals surface area contributed by atoms with Crippen molar-refractivity contribution in [1.29, 1.82) is 0 Å². The van der Waals surface area contributed by atoms with Crippen molar-refractivity contribution < 1.29 is 13.3 Å². The Labute approximate surface area is 139 Å². The van der Waals surface area contributed by atoms with Crippen molar-refractivity contribution in [3.63, 3.8) is 0 Å². The van der Waals surface area contributed by atoms with Crippen molar-refractivity contribution in [3.05, 3.63) is 69.8 Å². The number of rotatable bonds is 4. The van der Waals surface area contributed by atoms with Crippen LogP contribution in [0.15, 0.2) is 58.4 Å². The first-order chi connectivity index (χ1) is 11.4. The first-order valence-electron chi connectivity index (χ1n) is 7.29. The summed E-state index contributed by atoms with van der Waals surface area (Å²) in [6, 6.07) is 13.5. The van der Waals surface area contributed by atoms with E-state index in [9.17, 15) is 18.5 Å². The van der Waals surface area contributed by atoms with Gasteiger partial charge in [0.1, 0.15) is 10.7 Å². The Kier molecular flexibility index (Phi) is 4.06. The first-order valence-corrected chi connectivity index (χ1v) is 8.78. The monoisotopic (exact) mass is 345 g/mol. The van der Waals surface area contributed by atoms with Crippen molar-refractivity contribution in [2.75, 3.05) is 6.54 Å². The zero-order chi connectivity index (χ0) is 17.3. The number of nitro groups is 1. The largest absolute Gasteiger partial charge is 0.270 e. The lowest BCUT2D eigenvalue weighted by atomic mass is 10.0. The summed E-state index contributed by atoms with van der Waals surface area (Å²) in [6.07, 6.45) is 0. The predicted octanol–water partition coefficient (Wildman–Crippen LogP) is 2.44. The number of nitrogens with zero attached hydrogens (tertiary/aromatic N) is 2. The fourth-order valence-corrected chi connectivity index (χ4v) is 3.78. The minimum Gasteiger partial charge on any atom is -0.267 e. The number of hydrogen-bond acceptors (Lipinski definition) is 5. The van der Waals surface area contributed by atoms with Crippen molar-refractivity contribution in [1.82, 2.24) is 4.72 Å².